The van der Waals surface area contributed by atoms with Gasteiger partial charge in [0.25, 0.3) is 0 Å². The molecule has 0 amide bonds. The summed E-state index contributed by atoms with van der Waals surface area (Å²) in [4.78, 5) is 13.3. The van der Waals surface area contributed by atoms with Gasteiger partial charge in [0.05, 0.1) is 7.11 Å². The summed E-state index contributed by atoms with van der Waals surface area (Å²) in [6.07, 6.45) is 1.71. The van der Waals surface area contributed by atoms with Gasteiger partial charge in [-0.2, -0.15) is 0 Å². The van der Waals surface area contributed by atoms with Crippen molar-refractivity contribution in [3.05, 3.63) is 42.0 Å². The van der Waals surface area contributed by atoms with Crippen LogP contribution in [0, 0.1) is 0 Å². The molecule has 0 aromatic heterocycles. The lowest BCUT2D eigenvalue weighted by molar-refractivity contribution is -0.142. The summed E-state index contributed by atoms with van der Waals surface area (Å²) < 4.78 is 5.23. The molecule has 0 spiro atoms. The Balaban J connectivity index is 1.83. The molecule has 0 unspecified atom stereocenters. The van der Waals surface area contributed by atoms with Gasteiger partial charge in [0.2, 0.25) is 0 Å². The number of benzene rings is 2. The molecule has 1 aliphatic rings. The Morgan fingerprint density at radius 1 is 1.29 bits per heavy atom. The van der Waals surface area contributed by atoms with Crippen LogP contribution in [-0.4, -0.2) is 35.7 Å². The van der Waals surface area contributed by atoms with Gasteiger partial charge in [-0.15, -0.1) is 0 Å². The minimum atomic E-state index is -0.710. The number of likely N-dealkylation sites (tertiary alicyclic amines) is 1. The molecule has 4 nitrogen and oxygen atoms in total. The first-order chi connectivity index (χ1) is 10.2. The molecule has 0 bridgehead atoms. The molecule has 21 heavy (non-hydrogen) atoms. The largest absolute Gasteiger partial charge is 0.497 e. The van der Waals surface area contributed by atoms with Gasteiger partial charge in [0.1, 0.15) is 11.8 Å². The van der Waals surface area contributed by atoms with Crippen LogP contribution in [0.25, 0.3) is 10.8 Å². The Morgan fingerprint density at radius 2 is 2.05 bits per heavy atom. The number of ether oxygens (including phenoxy) is 1. The average molecular weight is 285 g/mol. The molecular formula is C17H19NO3. The van der Waals surface area contributed by atoms with Crippen molar-refractivity contribution in [3.8, 4) is 5.75 Å². The highest BCUT2D eigenvalue weighted by Gasteiger charge is 2.30. The molecule has 1 N–H and O–H groups in total. The van der Waals surface area contributed by atoms with Crippen LogP contribution >= 0.6 is 0 Å². The smallest absolute Gasteiger partial charge is 0.320 e. The summed E-state index contributed by atoms with van der Waals surface area (Å²) in [7, 11) is 1.66. The predicted octanol–water partition coefficient (Wildman–Crippen LogP) is 2.90. The number of carboxylic acid groups (broad SMARTS) is 1. The number of carboxylic acids is 1. The third kappa shape index (κ3) is 2.85. The minimum absolute atomic E-state index is 0.337. The highest BCUT2D eigenvalue weighted by Crippen LogP contribution is 2.24. The lowest BCUT2D eigenvalue weighted by atomic mass is 10.1. The zero-order valence-corrected chi connectivity index (χ0v) is 12.1. The highest BCUT2D eigenvalue weighted by molar-refractivity contribution is 5.84. The maximum absolute atomic E-state index is 11.2. The van der Waals surface area contributed by atoms with Crippen LogP contribution < -0.4 is 4.74 Å². The van der Waals surface area contributed by atoms with Crippen molar-refractivity contribution >= 4 is 16.7 Å². The van der Waals surface area contributed by atoms with Gasteiger partial charge in [-0.3, -0.25) is 9.69 Å². The van der Waals surface area contributed by atoms with Crippen LogP contribution in [0.4, 0.5) is 0 Å². The molecule has 0 radical (unpaired) electrons. The van der Waals surface area contributed by atoms with Crippen LogP contribution in [0.1, 0.15) is 18.4 Å². The van der Waals surface area contributed by atoms with Gasteiger partial charge in [-0.1, -0.05) is 18.2 Å². The fourth-order valence-electron chi connectivity index (χ4n) is 3.03. The Kier molecular flexibility index (Phi) is 3.80. The van der Waals surface area contributed by atoms with Crippen molar-refractivity contribution in [1.82, 2.24) is 4.90 Å². The molecule has 4 heteroatoms. The van der Waals surface area contributed by atoms with Gasteiger partial charge >= 0.3 is 5.97 Å². The predicted molar refractivity (Wildman–Crippen MR) is 81.6 cm³/mol. The van der Waals surface area contributed by atoms with Crippen molar-refractivity contribution in [2.24, 2.45) is 0 Å². The number of hydrogen-bond donors (Lipinski definition) is 1. The Hall–Kier alpha value is -2.07. The van der Waals surface area contributed by atoms with Crippen molar-refractivity contribution in [2.75, 3.05) is 13.7 Å². The minimum Gasteiger partial charge on any atom is -0.497 e. The lowest BCUT2D eigenvalue weighted by Gasteiger charge is -2.21. The highest BCUT2D eigenvalue weighted by atomic mass is 16.5. The standard InChI is InChI=1S/C17H19NO3/c1-21-15-7-6-13-9-12(4-5-14(13)10-15)11-18-8-2-3-16(18)17(19)20/h4-7,9-10,16H,2-3,8,11H2,1H3,(H,19,20)/t16-/m0/s1. The summed E-state index contributed by atoms with van der Waals surface area (Å²) >= 11 is 0. The van der Waals surface area contributed by atoms with E-state index in [4.69, 9.17) is 4.74 Å². The number of nitrogens with zero attached hydrogens (tertiary/aromatic N) is 1. The molecule has 0 saturated carbocycles. The number of rotatable bonds is 4. The van der Waals surface area contributed by atoms with E-state index in [1.54, 1.807) is 7.11 Å². The van der Waals surface area contributed by atoms with Crippen LogP contribution in [0.5, 0.6) is 5.75 Å². The molecular weight excluding hydrogens is 266 g/mol. The third-order valence-electron chi connectivity index (χ3n) is 4.15. The first-order valence-electron chi connectivity index (χ1n) is 7.21. The monoisotopic (exact) mass is 285 g/mol. The molecule has 1 atom stereocenters. The van der Waals surface area contributed by atoms with E-state index in [1.165, 1.54) is 0 Å². The van der Waals surface area contributed by atoms with Crippen molar-refractivity contribution in [2.45, 2.75) is 25.4 Å². The van der Waals surface area contributed by atoms with E-state index in [2.05, 4.69) is 18.2 Å². The van der Waals surface area contributed by atoms with Gasteiger partial charge in [0.15, 0.2) is 0 Å². The first-order valence-corrected chi connectivity index (χ1v) is 7.21. The number of carbonyl (C=O) groups is 1. The fourth-order valence-corrected chi connectivity index (χ4v) is 3.03. The molecule has 110 valence electrons. The van der Waals surface area contributed by atoms with Crippen LogP contribution in [-0.2, 0) is 11.3 Å². The van der Waals surface area contributed by atoms with Crippen molar-refractivity contribution < 1.29 is 14.6 Å². The van der Waals surface area contributed by atoms with Gasteiger partial charge in [-0.05, 0) is 53.9 Å². The SMILES string of the molecule is COc1ccc2cc(CN3CCC[C@H]3C(=O)O)ccc2c1. The first kappa shape index (κ1) is 13.9. The lowest BCUT2D eigenvalue weighted by Crippen LogP contribution is -2.35. The van der Waals surface area contributed by atoms with Gasteiger partial charge in [0, 0.05) is 6.54 Å². The van der Waals surface area contributed by atoms with Crippen molar-refractivity contribution in [1.29, 1.82) is 0 Å². The molecule has 2 aromatic carbocycles. The summed E-state index contributed by atoms with van der Waals surface area (Å²) in [5.41, 5.74) is 1.15. The van der Waals surface area contributed by atoms with Crippen molar-refractivity contribution in [3.63, 3.8) is 0 Å². The molecule has 1 saturated heterocycles. The van der Waals surface area contributed by atoms with Crippen LogP contribution in [0.2, 0.25) is 0 Å². The van der Waals surface area contributed by atoms with E-state index in [1.807, 2.05) is 23.1 Å². The molecule has 1 fully saturated rings. The van der Waals surface area contributed by atoms with Crippen LogP contribution in [0.3, 0.4) is 0 Å². The number of methoxy groups -OCH3 is 1. The topological polar surface area (TPSA) is 49.8 Å². The Bertz CT molecular complexity index is 668. The summed E-state index contributed by atoms with van der Waals surface area (Å²) in [5, 5.41) is 11.5. The third-order valence-corrected chi connectivity index (χ3v) is 4.15. The zero-order chi connectivity index (χ0) is 14.8. The van der Waals surface area contributed by atoms with Crippen LogP contribution in [0.15, 0.2) is 36.4 Å². The van der Waals surface area contributed by atoms with E-state index in [0.29, 0.717) is 6.54 Å². The normalized spacial score (nSPS) is 19.0. The molecule has 2 aromatic rings. The second-order valence-corrected chi connectivity index (χ2v) is 5.51. The Morgan fingerprint density at radius 3 is 2.81 bits per heavy atom. The molecule has 1 heterocycles. The quantitative estimate of drug-likeness (QED) is 0.938. The van der Waals surface area contributed by atoms with E-state index < -0.39 is 5.97 Å². The van der Waals surface area contributed by atoms with E-state index in [0.717, 1.165) is 41.5 Å². The number of aliphatic carboxylic acids is 1. The molecule has 0 aliphatic carbocycles. The summed E-state index contributed by atoms with van der Waals surface area (Å²) in [6, 6.07) is 11.9. The zero-order valence-electron chi connectivity index (χ0n) is 12.1. The maximum Gasteiger partial charge on any atom is 0.320 e. The number of hydrogen-bond acceptors (Lipinski definition) is 3. The Labute approximate surface area is 123 Å². The maximum atomic E-state index is 11.2. The fraction of sp³-hybridized carbons (Fsp3) is 0.353. The molecule has 1 aliphatic heterocycles. The van der Waals surface area contributed by atoms with Gasteiger partial charge in [-0.25, -0.2) is 0 Å². The average Bonchev–Trinajstić information content (AvgIpc) is 2.95. The summed E-state index contributed by atoms with van der Waals surface area (Å²) in [6.45, 7) is 1.55. The molecule has 3 rings (SSSR count). The second kappa shape index (κ2) is 5.74. The second-order valence-electron chi connectivity index (χ2n) is 5.51. The van der Waals surface area contributed by atoms with E-state index in [9.17, 15) is 9.90 Å². The summed E-state index contributed by atoms with van der Waals surface area (Å²) in [5.74, 6) is 0.138. The number of fused-ring (bicyclic) bond motifs is 1. The van der Waals surface area contributed by atoms with E-state index >= 15 is 0 Å². The van der Waals surface area contributed by atoms with Gasteiger partial charge < -0.3 is 9.84 Å². The van der Waals surface area contributed by atoms with E-state index in [-0.39, 0.29) is 6.04 Å².